The molecule has 0 spiro atoms. The number of benzene rings is 1. The summed E-state index contributed by atoms with van der Waals surface area (Å²) < 4.78 is 25.9. The monoisotopic (exact) mass is 340 g/mol. The summed E-state index contributed by atoms with van der Waals surface area (Å²) in [7, 11) is -1.01. The van der Waals surface area contributed by atoms with Crippen molar-refractivity contribution in [3.8, 4) is 0 Å². The van der Waals surface area contributed by atoms with Gasteiger partial charge in [0.2, 0.25) is 0 Å². The molecular weight excluding hydrogens is 324 g/mol. The topological polar surface area (TPSA) is 119 Å². The first-order valence-corrected chi connectivity index (χ1v) is 7.91. The Kier molecular flexibility index (Phi) is 4.24. The van der Waals surface area contributed by atoms with Gasteiger partial charge in [0.05, 0.1) is 10.6 Å². The van der Waals surface area contributed by atoms with E-state index in [1.807, 2.05) is 0 Å². The first kappa shape index (κ1) is 17.1. The van der Waals surface area contributed by atoms with Crippen LogP contribution in [0.5, 0.6) is 0 Å². The van der Waals surface area contributed by atoms with E-state index in [1.165, 1.54) is 51.5 Å². The molecule has 0 radical (unpaired) electrons. The van der Waals surface area contributed by atoms with E-state index in [1.54, 1.807) is 0 Å². The van der Waals surface area contributed by atoms with Crippen LogP contribution in [0.4, 0.5) is 5.69 Å². The number of aromatic nitrogens is 2. The van der Waals surface area contributed by atoms with Crippen molar-refractivity contribution in [1.29, 1.82) is 0 Å². The number of aliphatic hydroxyl groups is 1. The average molecular weight is 340 g/mol. The maximum Gasteiger partial charge on any atom is 0.308 e. The first-order chi connectivity index (χ1) is 10.6. The van der Waals surface area contributed by atoms with Gasteiger partial charge in [0, 0.05) is 32.4 Å². The quantitative estimate of drug-likeness (QED) is 0.632. The molecule has 124 valence electrons. The van der Waals surface area contributed by atoms with Crippen molar-refractivity contribution in [1.82, 2.24) is 13.3 Å². The Bertz CT molecular complexity index is 842. The standard InChI is InChI=1S/C13H16N4O5S/c1-13(18,10-5-4-6-11(7-10)17(19)20)12-8-16(9-14-12)23(21,22)15(2)3/h4-9,18H,1-3H3. The molecule has 10 heteroatoms. The van der Waals surface area contributed by atoms with Crippen LogP contribution < -0.4 is 0 Å². The van der Waals surface area contributed by atoms with Gasteiger partial charge in [0.15, 0.2) is 0 Å². The fraction of sp³-hybridized carbons (Fsp3) is 0.308. The molecule has 0 amide bonds. The number of hydrogen-bond donors (Lipinski definition) is 1. The van der Waals surface area contributed by atoms with E-state index < -0.39 is 20.7 Å². The van der Waals surface area contributed by atoms with Crippen molar-refractivity contribution in [3.63, 3.8) is 0 Å². The number of hydrogen-bond acceptors (Lipinski definition) is 6. The Labute approximate surface area is 133 Å². The Morgan fingerprint density at radius 1 is 1.39 bits per heavy atom. The minimum atomic E-state index is -3.75. The van der Waals surface area contributed by atoms with Crippen LogP contribution in [0.25, 0.3) is 0 Å². The van der Waals surface area contributed by atoms with Gasteiger partial charge in [-0.15, -0.1) is 0 Å². The normalized spacial score (nSPS) is 14.7. The third-order valence-electron chi connectivity index (χ3n) is 3.41. The van der Waals surface area contributed by atoms with Crippen molar-refractivity contribution in [2.75, 3.05) is 14.1 Å². The fourth-order valence-corrected chi connectivity index (χ4v) is 2.72. The van der Waals surface area contributed by atoms with Crippen molar-refractivity contribution < 1.29 is 18.4 Å². The van der Waals surface area contributed by atoms with Crippen LogP contribution in [0, 0.1) is 10.1 Å². The van der Waals surface area contributed by atoms with Crippen LogP contribution in [-0.2, 0) is 15.8 Å². The van der Waals surface area contributed by atoms with Gasteiger partial charge in [-0.1, -0.05) is 12.1 Å². The summed E-state index contributed by atoms with van der Waals surface area (Å²) in [6.07, 6.45) is 2.24. The highest BCUT2D eigenvalue weighted by atomic mass is 32.2. The molecule has 2 aromatic rings. The molecule has 0 aliphatic heterocycles. The summed E-state index contributed by atoms with van der Waals surface area (Å²) >= 11 is 0. The second-order valence-electron chi connectivity index (χ2n) is 5.26. The molecule has 1 heterocycles. The number of imidazole rings is 1. The van der Waals surface area contributed by atoms with Crippen LogP contribution in [0.1, 0.15) is 18.2 Å². The summed E-state index contributed by atoms with van der Waals surface area (Å²) in [6, 6.07) is 5.47. The Morgan fingerprint density at radius 2 is 2.04 bits per heavy atom. The average Bonchev–Trinajstić information content (AvgIpc) is 2.98. The smallest absolute Gasteiger partial charge is 0.308 e. The summed E-state index contributed by atoms with van der Waals surface area (Å²) in [6.45, 7) is 1.39. The third kappa shape index (κ3) is 3.09. The van der Waals surface area contributed by atoms with Gasteiger partial charge in [-0.05, 0) is 12.5 Å². The lowest BCUT2D eigenvalue weighted by Gasteiger charge is -2.21. The zero-order valence-corrected chi connectivity index (χ0v) is 13.6. The van der Waals surface area contributed by atoms with E-state index in [2.05, 4.69) is 4.98 Å². The van der Waals surface area contributed by atoms with Crippen molar-refractivity contribution in [2.45, 2.75) is 12.5 Å². The molecule has 9 nitrogen and oxygen atoms in total. The molecule has 0 saturated carbocycles. The van der Waals surface area contributed by atoms with Gasteiger partial charge in [-0.25, -0.2) is 8.96 Å². The summed E-state index contributed by atoms with van der Waals surface area (Å²) in [5.41, 5.74) is -1.57. The molecule has 1 N–H and O–H groups in total. The number of rotatable bonds is 5. The van der Waals surface area contributed by atoms with E-state index in [9.17, 15) is 23.6 Å². The number of non-ortho nitro benzene ring substituents is 1. The fourth-order valence-electron chi connectivity index (χ4n) is 1.94. The van der Waals surface area contributed by atoms with Gasteiger partial charge in [-0.2, -0.15) is 12.7 Å². The zero-order chi connectivity index (χ0) is 17.4. The number of nitrogens with zero attached hydrogens (tertiary/aromatic N) is 4. The van der Waals surface area contributed by atoms with E-state index in [4.69, 9.17) is 0 Å². The molecule has 1 unspecified atom stereocenters. The lowest BCUT2D eigenvalue weighted by atomic mass is 9.93. The second-order valence-corrected chi connectivity index (χ2v) is 7.31. The highest BCUT2D eigenvalue weighted by Crippen LogP contribution is 2.30. The van der Waals surface area contributed by atoms with Gasteiger partial charge in [0.1, 0.15) is 11.9 Å². The molecule has 1 aromatic carbocycles. The minimum absolute atomic E-state index is 0.0587. The van der Waals surface area contributed by atoms with E-state index in [0.29, 0.717) is 0 Å². The van der Waals surface area contributed by atoms with Gasteiger partial charge in [0.25, 0.3) is 5.69 Å². The lowest BCUT2D eigenvalue weighted by Crippen LogP contribution is -2.28. The Hall–Kier alpha value is -2.30. The summed E-state index contributed by atoms with van der Waals surface area (Å²) in [5, 5.41) is 21.5. The summed E-state index contributed by atoms with van der Waals surface area (Å²) in [5.74, 6) is 0. The zero-order valence-electron chi connectivity index (χ0n) is 12.7. The molecule has 0 aliphatic rings. The molecular formula is C13H16N4O5S. The molecule has 0 aliphatic carbocycles. The predicted molar refractivity (Wildman–Crippen MR) is 82.0 cm³/mol. The van der Waals surface area contributed by atoms with Gasteiger partial charge >= 0.3 is 10.2 Å². The van der Waals surface area contributed by atoms with E-state index in [-0.39, 0.29) is 16.9 Å². The number of nitro benzene ring substituents is 1. The van der Waals surface area contributed by atoms with E-state index in [0.717, 1.165) is 14.6 Å². The van der Waals surface area contributed by atoms with Crippen LogP contribution in [0.3, 0.4) is 0 Å². The van der Waals surface area contributed by atoms with Crippen LogP contribution in [0.15, 0.2) is 36.8 Å². The molecule has 0 saturated heterocycles. The minimum Gasteiger partial charge on any atom is -0.379 e. The lowest BCUT2D eigenvalue weighted by molar-refractivity contribution is -0.385. The predicted octanol–water partition coefficient (Wildman–Crippen LogP) is 0.702. The Morgan fingerprint density at radius 3 is 2.61 bits per heavy atom. The second kappa shape index (κ2) is 5.72. The molecule has 0 bridgehead atoms. The molecule has 23 heavy (non-hydrogen) atoms. The highest BCUT2D eigenvalue weighted by Gasteiger charge is 2.31. The maximum atomic E-state index is 12.0. The largest absolute Gasteiger partial charge is 0.379 e. The van der Waals surface area contributed by atoms with Crippen LogP contribution in [0.2, 0.25) is 0 Å². The van der Waals surface area contributed by atoms with Crippen molar-refractivity contribution in [2.24, 2.45) is 0 Å². The van der Waals surface area contributed by atoms with E-state index >= 15 is 0 Å². The van der Waals surface area contributed by atoms with Gasteiger partial charge < -0.3 is 5.11 Å². The van der Waals surface area contributed by atoms with Gasteiger partial charge in [-0.3, -0.25) is 10.1 Å². The first-order valence-electron chi connectivity index (χ1n) is 6.51. The molecule has 2 rings (SSSR count). The molecule has 0 fully saturated rings. The SMILES string of the molecule is CN(C)S(=O)(=O)n1cnc(C(C)(O)c2cccc([N+](=O)[O-])c2)c1. The number of nitro groups is 1. The Balaban J connectivity index is 2.47. The molecule has 1 aromatic heterocycles. The van der Waals surface area contributed by atoms with Crippen molar-refractivity contribution >= 4 is 15.9 Å². The highest BCUT2D eigenvalue weighted by molar-refractivity contribution is 7.87. The maximum absolute atomic E-state index is 12.0. The van der Waals surface area contributed by atoms with Crippen molar-refractivity contribution in [3.05, 3.63) is 58.2 Å². The third-order valence-corrected chi connectivity index (χ3v) is 5.06. The van der Waals surface area contributed by atoms with Crippen LogP contribution in [-0.4, -0.2) is 45.8 Å². The molecule has 1 atom stereocenters. The van der Waals surface area contributed by atoms with Crippen LogP contribution >= 0.6 is 0 Å². The summed E-state index contributed by atoms with van der Waals surface area (Å²) in [4.78, 5) is 14.2.